The van der Waals surface area contributed by atoms with E-state index in [2.05, 4.69) is 4.98 Å². The van der Waals surface area contributed by atoms with Gasteiger partial charge in [0, 0.05) is 18.7 Å². The number of aliphatic hydroxyl groups is 1. The fourth-order valence-corrected chi connectivity index (χ4v) is 0.925. The summed E-state index contributed by atoms with van der Waals surface area (Å²) in [7, 11) is 0. The van der Waals surface area contributed by atoms with Crippen LogP contribution in [0.4, 0.5) is 0 Å². The Hall–Kier alpha value is -1.09. The lowest BCUT2D eigenvalue weighted by Crippen LogP contribution is -1.96. The maximum absolute atomic E-state index is 8.62. The summed E-state index contributed by atoms with van der Waals surface area (Å²) >= 11 is 0. The van der Waals surface area contributed by atoms with Crippen LogP contribution in [0.5, 0.6) is 5.75 Å². The number of nitrogens with zero attached hydrogens (tertiary/aromatic N) is 1. The van der Waals surface area contributed by atoms with Crippen LogP contribution in [0.15, 0.2) is 18.3 Å². The van der Waals surface area contributed by atoms with Gasteiger partial charge in [-0.3, -0.25) is 4.98 Å². The van der Waals surface area contributed by atoms with E-state index in [4.69, 9.17) is 9.84 Å². The van der Waals surface area contributed by atoms with Crippen LogP contribution in [0.25, 0.3) is 0 Å². The molecule has 66 valence electrons. The molecule has 0 spiro atoms. The van der Waals surface area contributed by atoms with E-state index in [1.807, 2.05) is 19.1 Å². The van der Waals surface area contributed by atoms with Crippen molar-refractivity contribution in [3.63, 3.8) is 0 Å². The second-order valence-electron chi connectivity index (χ2n) is 2.39. The van der Waals surface area contributed by atoms with Gasteiger partial charge in [-0.15, -0.1) is 0 Å². The van der Waals surface area contributed by atoms with Gasteiger partial charge in [0.2, 0.25) is 0 Å². The van der Waals surface area contributed by atoms with E-state index in [1.165, 1.54) is 0 Å². The minimum absolute atomic E-state index is 0.140. The summed E-state index contributed by atoms with van der Waals surface area (Å²) in [6.07, 6.45) is 2.28. The first-order valence-corrected chi connectivity index (χ1v) is 4.05. The first-order chi connectivity index (χ1) is 5.86. The molecule has 1 rings (SSSR count). The van der Waals surface area contributed by atoms with Crippen molar-refractivity contribution in [2.45, 2.75) is 13.3 Å². The zero-order chi connectivity index (χ0) is 8.81. The van der Waals surface area contributed by atoms with Gasteiger partial charge in [-0.05, 0) is 19.1 Å². The quantitative estimate of drug-likeness (QED) is 0.727. The largest absolute Gasteiger partial charge is 0.492 e. The molecule has 0 aromatic carbocycles. The van der Waals surface area contributed by atoms with Crippen molar-refractivity contribution in [2.75, 3.05) is 13.2 Å². The third-order valence-electron chi connectivity index (χ3n) is 1.48. The molecule has 12 heavy (non-hydrogen) atoms. The summed E-state index contributed by atoms with van der Waals surface area (Å²) in [6, 6.07) is 3.72. The van der Waals surface area contributed by atoms with Gasteiger partial charge in [0.15, 0.2) is 0 Å². The molecule has 0 amide bonds. The number of aliphatic hydroxyl groups excluding tert-OH is 1. The van der Waals surface area contributed by atoms with Gasteiger partial charge in [-0.2, -0.15) is 0 Å². The molecule has 0 saturated carbocycles. The molecule has 0 unspecified atom stereocenters. The molecular weight excluding hydrogens is 154 g/mol. The minimum atomic E-state index is 0.140. The Kier molecular flexibility index (Phi) is 3.54. The van der Waals surface area contributed by atoms with Crippen molar-refractivity contribution in [1.29, 1.82) is 0 Å². The normalized spacial score (nSPS) is 9.83. The molecule has 1 aromatic rings. The van der Waals surface area contributed by atoms with Gasteiger partial charge in [-0.1, -0.05) is 0 Å². The van der Waals surface area contributed by atoms with E-state index >= 15 is 0 Å². The SMILES string of the molecule is CCOc1ccc(CCO)nc1. The van der Waals surface area contributed by atoms with Crippen LogP contribution in [-0.4, -0.2) is 23.3 Å². The minimum Gasteiger partial charge on any atom is -0.492 e. The van der Waals surface area contributed by atoms with Crippen LogP contribution in [0.3, 0.4) is 0 Å². The molecule has 0 radical (unpaired) electrons. The van der Waals surface area contributed by atoms with Crippen molar-refractivity contribution in [3.05, 3.63) is 24.0 Å². The van der Waals surface area contributed by atoms with Gasteiger partial charge in [-0.25, -0.2) is 0 Å². The van der Waals surface area contributed by atoms with Gasteiger partial charge < -0.3 is 9.84 Å². The van der Waals surface area contributed by atoms with E-state index in [-0.39, 0.29) is 6.61 Å². The van der Waals surface area contributed by atoms with E-state index in [0.29, 0.717) is 13.0 Å². The van der Waals surface area contributed by atoms with Gasteiger partial charge >= 0.3 is 0 Å². The average Bonchev–Trinajstić information content (AvgIpc) is 2.09. The molecule has 0 fully saturated rings. The van der Waals surface area contributed by atoms with Crippen molar-refractivity contribution in [2.24, 2.45) is 0 Å². The highest BCUT2D eigenvalue weighted by Gasteiger charge is 1.94. The molecule has 0 aliphatic rings. The molecular formula is C9H13NO2. The second-order valence-corrected chi connectivity index (χ2v) is 2.39. The Morgan fingerprint density at radius 3 is 2.83 bits per heavy atom. The monoisotopic (exact) mass is 167 g/mol. The molecule has 3 nitrogen and oxygen atoms in total. The number of hydrogen-bond acceptors (Lipinski definition) is 3. The van der Waals surface area contributed by atoms with Crippen LogP contribution < -0.4 is 4.74 Å². The zero-order valence-corrected chi connectivity index (χ0v) is 7.16. The molecule has 0 bridgehead atoms. The molecule has 0 saturated heterocycles. The van der Waals surface area contributed by atoms with Crippen molar-refractivity contribution in [3.8, 4) is 5.75 Å². The third-order valence-corrected chi connectivity index (χ3v) is 1.48. The number of aromatic nitrogens is 1. The number of rotatable bonds is 4. The Labute approximate surface area is 72.0 Å². The summed E-state index contributed by atoms with van der Waals surface area (Å²) in [5.74, 6) is 0.777. The molecule has 1 heterocycles. The lowest BCUT2D eigenvalue weighted by atomic mass is 10.3. The highest BCUT2D eigenvalue weighted by Crippen LogP contribution is 2.08. The number of pyridine rings is 1. The Morgan fingerprint density at radius 2 is 2.33 bits per heavy atom. The molecule has 0 atom stereocenters. The molecule has 1 aromatic heterocycles. The molecule has 0 aliphatic heterocycles. The van der Waals surface area contributed by atoms with E-state index in [1.54, 1.807) is 6.20 Å². The average molecular weight is 167 g/mol. The van der Waals surface area contributed by atoms with Gasteiger partial charge in [0.05, 0.1) is 12.8 Å². The smallest absolute Gasteiger partial charge is 0.137 e. The van der Waals surface area contributed by atoms with E-state index in [9.17, 15) is 0 Å². The zero-order valence-electron chi connectivity index (χ0n) is 7.16. The molecule has 1 N–H and O–H groups in total. The van der Waals surface area contributed by atoms with Gasteiger partial charge in [0.1, 0.15) is 5.75 Å². The third kappa shape index (κ3) is 2.51. The Morgan fingerprint density at radius 1 is 1.50 bits per heavy atom. The standard InChI is InChI=1S/C9H13NO2/c1-2-12-9-4-3-8(5-6-11)10-7-9/h3-4,7,11H,2,5-6H2,1H3. The lowest BCUT2D eigenvalue weighted by Gasteiger charge is -2.02. The summed E-state index contributed by atoms with van der Waals surface area (Å²) in [5.41, 5.74) is 0.890. The van der Waals surface area contributed by atoms with Crippen molar-refractivity contribution in [1.82, 2.24) is 4.98 Å². The predicted octanol–water partition coefficient (Wildman–Crippen LogP) is 1.02. The Bertz CT molecular complexity index is 195. The highest BCUT2D eigenvalue weighted by atomic mass is 16.5. The maximum Gasteiger partial charge on any atom is 0.137 e. The lowest BCUT2D eigenvalue weighted by molar-refractivity contribution is 0.297. The predicted molar refractivity (Wildman–Crippen MR) is 46.2 cm³/mol. The fourth-order valence-electron chi connectivity index (χ4n) is 0.925. The molecule has 0 aliphatic carbocycles. The molecule has 3 heteroatoms. The second kappa shape index (κ2) is 4.72. The topological polar surface area (TPSA) is 42.4 Å². The van der Waals surface area contributed by atoms with E-state index < -0.39 is 0 Å². The summed E-state index contributed by atoms with van der Waals surface area (Å²) < 4.78 is 5.21. The summed E-state index contributed by atoms with van der Waals surface area (Å²) in [6.45, 7) is 2.73. The number of ether oxygens (including phenoxy) is 1. The van der Waals surface area contributed by atoms with Crippen molar-refractivity contribution < 1.29 is 9.84 Å². The van der Waals surface area contributed by atoms with Crippen molar-refractivity contribution >= 4 is 0 Å². The van der Waals surface area contributed by atoms with Crippen LogP contribution in [0, 0.1) is 0 Å². The first-order valence-electron chi connectivity index (χ1n) is 4.05. The number of hydrogen-bond donors (Lipinski definition) is 1. The van der Waals surface area contributed by atoms with Crippen LogP contribution >= 0.6 is 0 Å². The van der Waals surface area contributed by atoms with Crippen LogP contribution in [0.2, 0.25) is 0 Å². The highest BCUT2D eigenvalue weighted by molar-refractivity contribution is 5.19. The maximum atomic E-state index is 8.62. The Balaban J connectivity index is 2.58. The van der Waals surface area contributed by atoms with Gasteiger partial charge in [0.25, 0.3) is 0 Å². The van der Waals surface area contributed by atoms with Crippen LogP contribution in [-0.2, 0) is 6.42 Å². The fraction of sp³-hybridized carbons (Fsp3) is 0.444. The summed E-state index contributed by atoms with van der Waals surface area (Å²) in [5, 5.41) is 8.62. The first kappa shape index (κ1) is 9.00. The summed E-state index contributed by atoms with van der Waals surface area (Å²) in [4.78, 5) is 4.10. The van der Waals surface area contributed by atoms with Crippen LogP contribution in [0.1, 0.15) is 12.6 Å². The van der Waals surface area contributed by atoms with E-state index in [0.717, 1.165) is 11.4 Å².